The van der Waals surface area contributed by atoms with E-state index in [0.717, 1.165) is 5.75 Å². The van der Waals surface area contributed by atoms with Gasteiger partial charge in [-0.2, -0.15) is 0 Å². The van der Waals surface area contributed by atoms with Gasteiger partial charge in [0, 0.05) is 19.8 Å². The molecule has 0 aliphatic rings. The fourth-order valence-electron chi connectivity index (χ4n) is 2.09. The number of amides is 1. The van der Waals surface area contributed by atoms with Crippen LogP contribution in [0, 0.1) is 0 Å². The predicted octanol–water partition coefficient (Wildman–Crippen LogP) is 2.24. The zero-order valence-corrected chi connectivity index (χ0v) is 12.5. The maximum atomic E-state index is 12.4. The molecule has 1 aromatic heterocycles. The Morgan fingerprint density at radius 3 is 2.71 bits per heavy atom. The number of ether oxygens (including phenoxy) is 1. The Hall–Kier alpha value is -2.43. The van der Waals surface area contributed by atoms with Crippen LogP contribution in [0.15, 0.2) is 42.6 Å². The minimum absolute atomic E-state index is 0.0507. The van der Waals surface area contributed by atoms with Crippen LogP contribution in [0.3, 0.4) is 0 Å². The number of rotatable bonds is 6. The zero-order valence-electron chi connectivity index (χ0n) is 12.5. The molecule has 1 amide bonds. The molecule has 0 fully saturated rings. The molecule has 2 aromatic rings. The first kappa shape index (κ1) is 15.0. The summed E-state index contributed by atoms with van der Waals surface area (Å²) in [7, 11) is 1.76. The van der Waals surface area contributed by atoms with E-state index in [-0.39, 0.29) is 5.91 Å². The van der Waals surface area contributed by atoms with Crippen LogP contribution in [0.1, 0.15) is 17.4 Å². The minimum atomic E-state index is -0.0507. The summed E-state index contributed by atoms with van der Waals surface area (Å²) in [6.45, 7) is 3.67. The highest BCUT2D eigenvalue weighted by atomic mass is 16.5. The molecule has 0 atom stereocenters. The summed E-state index contributed by atoms with van der Waals surface area (Å²) in [5.74, 6) is 0.754. The first-order valence-corrected chi connectivity index (χ1v) is 7.00. The number of hydrogen-bond acceptors (Lipinski definition) is 3. The smallest absolute Gasteiger partial charge is 0.270 e. The van der Waals surface area contributed by atoms with Gasteiger partial charge in [-0.05, 0) is 25.1 Å². The van der Waals surface area contributed by atoms with Crippen molar-refractivity contribution in [1.29, 1.82) is 0 Å². The molecular weight excluding hydrogens is 266 g/mol. The monoisotopic (exact) mass is 287 g/mol. The van der Waals surface area contributed by atoms with E-state index in [4.69, 9.17) is 10.5 Å². The van der Waals surface area contributed by atoms with E-state index < -0.39 is 0 Å². The van der Waals surface area contributed by atoms with Gasteiger partial charge in [0.25, 0.3) is 5.91 Å². The normalized spacial score (nSPS) is 10.4. The van der Waals surface area contributed by atoms with Crippen molar-refractivity contribution in [2.45, 2.75) is 13.5 Å². The number of aromatic nitrogens is 1. The van der Waals surface area contributed by atoms with E-state index in [9.17, 15) is 4.79 Å². The van der Waals surface area contributed by atoms with Crippen molar-refractivity contribution < 1.29 is 9.53 Å². The summed E-state index contributed by atoms with van der Waals surface area (Å²) >= 11 is 0. The van der Waals surface area contributed by atoms with Gasteiger partial charge in [-0.1, -0.05) is 18.2 Å². The van der Waals surface area contributed by atoms with Crippen molar-refractivity contribution in [2.75, 3.05) is 25.9 Å². The number of benzene rings is 1. The molecule has 0 aliphatic carbocycles. The number of likely N-dealkylation sites (N-methyl/N-ethyl adjacent to an activating group) is 1. The topological polar surface area (TPSA) is 60.5 Å². The van der Waals surface area contributed by atoms with Gasteiger partial charge in [-0.3, -0.25) is 4.79 Å². The molecule has 0 saturated carbocycles. The standard InChI is InChI=1S/C16H21N3O2/c1-3-19-12-13(17)11-15(19)16(20)18(2)9-10-21-14-7-5-4-6-8-14/h4-8,11-12H,3,9-10,17H2,1-2H3. The second kappa shape index (κ2) is 6.83. The lowest BCUT2D eigenvalue weighted by Crippen LogP contribution is -2.32. The first-order chi connectivity index (χ1) is 10.1. The van der Waals surface area contributed by atoms with Crippen molar-refractivity contribution in [1.82, 2.24) is 9.47 Å². The fraction of sp³-hybridized carbons (Fsp3) is 0.312. The third kappa shape index (κ3) is 3.78. The molecule has 112 valence electrons. The summed E-state index contributed by atoms with van der Waals surface area (Å²) in [6, 6.07) is 11.3. The lowest BCUT2D eigenvalue weighted by Gasteiger charge is -2.18. The molecule has 0 radical (unpaired) electrons. The molecule has 0 unspecified atom stereocenters. The van der Waals surface area contributed by atoms with E-state index in [1.165, 1.54) is 0 Å². The van der Waals surface area contributed by atoms with Crippen LogP contribution in [0.2, 0.25) is 0 Å². The quantitative estimate of drug-likeness (QED) is 0.886. The number of nitrogen functional groups attached to an aromatic ring is 1. The highest BCUT2D eigenvalue weighted by molar-refractivity contribution is 5.93. The number of nitrogens with zero attached hydrogens (tertiary/aromatic N) is 2. The van der Waals surface area contributed by atoms with Gasteiger partial charge in [0.1, 0.15) is 18.1 Å². The summed E-state index contributed by atoms with van der Waals surface area (Å²) < 4.78 is 7.45. The van der Waals surface area contributed by atoms with Gasteiger partial charge in [-0.25, -0.2) is 0 Å². The summed E-state index contributed by atoms with van der Waals surface area (Å²) in [4.78, 5) is 14.0. The third-order valence-corrected chi connectivity index (χ3v) is 3.26. The van der Waals surface area contributed by atoms with Crippen LogP contribution in [0.4, 0.5) is 5.69 Å². The average Bonchev–Trinajstić information content (AvgIpc) is 2.88. The second-order valence-electron chi connectivity index (χ2n) is 4.83. The number of carbonyl (C=O) groups is 1. The van der Waals surface area contributed by atoms with Crippen LogP contribution in [-0.2, 0) is 6.54 Å². The number of aryl methyl sites for hydroxylation is 1. The molecule has 0 aliphatic heterocycles. The van der Waals surface area contributed by atoms with Crippen LogP contribution in [-0.4, -0.2) is 35.6 Å². The van der Waals surface area contributed by atoms with E-state index in [0.29, 0.717) is 31.1 Å². The van der Waals surface area contributed by atoms with Crippen LogP contribution in [0.25, 0.3) is 0 Å². The molecule has 0 spiro atoms. The molecule has 0 saturated heterocycles. The second-order valence-corrected chi connectivity index (χ2v) is 4.83. The number of hydrogen-bond donors (Lipinski definition) is 1. The molecule has 1 aromatic carbocycles. The number of para-hydroxylation sites is 1. The highest BCUT2D eigenvalue weighted by Crippen LogP contribution is 2.13. The Bertz CT molecular complexity index is 593. The van der Waals surface area contributed by atoms with Crippen LogP contribution >= 0.6 is 0 Å². The highest BCUT2D eigenvalue weighted by Gasteiger charge is 2.16. The average molecular weight is 287 g/mol. The van der Waals surface area contributed by atoms with Gasteiger partial charge >= 0.3 is 0 Å². The number of anilines is 1. The Balaban J connectivity index is 1.90. The van der Waals surface area contributed by atoms with Crippen LogP contribution < -0.4 is 10.5 Å². The van der Waals surface area contributed by atoms with Gasteiger partial charge in [0.15, 0.2) is 0 Å². The number of carbonyl (C=O) groups excluding carboxylic acids is 1. The van der Waals surface area contributed by atoms with E-state index >= 15 is 0 Å². The molecule has 0 bridgehead atoms. The molecule has 5 heteroatoms. The zero-order chi connectivity index (χ0) is 15.2. The fourth-order valence-corrected chi connectivity index (χ4v) is 2.09. The van der Waals surface area contributed by atoms with Gasteiger partial charge < -0.3 is 19.9 Å². The molecule has 1 heterocycles. The maximum Gasteiger partial charge on any atom is 0.270 e. The van der Waals surface area contributed by atoms with Gasteiger partial charge in [-0.15, -0.1) is 0 Å². The Morgan fingerprint density at radius 1 is 1.33 bits per heavy atom. The number of nitrogens with two attached hydrogens (primary N) is 1. The van der Waals surface area contributed by atoms with E-state index in [1.54, 1.807) is 24.2 Å². The minimum Gasteiger partial charge on any atom is -0.492 e. The van der Waals surface area contributed by atoms with Gasteiger partial charge in [0.05, 0.1) is 12.2 Å². The SMILES string of the molecule is CCn1cc(N)cc1C(=O)N(C)CCOc1ccccc1. The van der Waals surface area contributed by atoms with Crippen molar-refractivity contribution in [3.05, 3.63) is 48.3 Å². The lowest BCUT2D eigenvalue weighted by molar-refractivity contribution is 0.0763. The molecule has 21 heavy (non-hydrogen) atoms. The van der Waals surface area contributed by atoms with E-state index in [1.807, 2.05) is 41.8 Å². The Labute approximate surface area is 124 Å². The largest absolute Gasteiger partial charge is 0.492 e. The summed E-state index contributed by atoms with van der Waals surface area (Å²) in [5, 5.41) is 0. The van der Waals surface area contributed by atoms with Crippen molar-refractivity contribution in [3.63, 3.8) is 0 Å². The molecule has 2 rings (SSSR count). The van der Waals surface area contributed by atoms with Crippen molar-refractivity contribution in [3.8, 4) is 5.75 Å². The molecule has 2 N–H and O–H groups in total. The Morgan fingerprint density at radius 2 is 2.05 bits per heavy atom. The lowest BCUT2D eigenvalue weighted by atomic mass is 10.3. The van der Waals surface area contributed by atoms with Crippen LogP contribution in [0.5, 0.6) is 5.75 Å². The maximum absolute atomic E-state index is 12.4. The van der Waals surface area contributed by atoms with Gasteiger partial charge in [0.2, 0.25) is 0 Å². The summed E-state index contributed by atoms with van der Waals surface area (Å²) in [6.07, 6.45) is 1.78. The van der Waals surface area contributed by atoms with Crippen molar-refractivity contribution in [2.24, 2.45) is 0 Å². The molecule has 5 nitrogen and oxygen atoms in total. The summed E-state index contributed by atoms with van der Waals surface area (Å²) in [5.41, 5.74) is 6.97. The Kier molecular flexibility index (Phi) is 4.87. The van der Waals surface area contributed by atoms with E-state index in [2.05, 4.69) is 0 Å². The predicted molar refractivity (Wildman–Crippen MR) is 83.4 cm³/mol. The third-order valence-electron chi connectivity index (χ3n) is 3.26. The van der Waals surface area contributed by atoms with Crippen molar-refractivity contribution >= 4 is 11.6 Å². The molecular formula is C16H21N3O2. The first-order valence-electron chi connectivity index (χ1n) is 7.00.